The van der Waals surface area contributed by atoms with Crippen molar-refractivity contribution in [2.45, 2.75) is 50.0 Å². The highest BCUT2D eigenvalue weighted by Crippen LogP contribution is 2.55. The van der Waals surface area contributed by atoms with Gasteiger partial charge in [0.1, 0.15) is 5.75 Å². The summed E-state index contributed by atoms with van der Waals surface area (Å²) in [4.78, 5) is 1.81. The second-order valence-electron chi connectivity index (χ2n) is 6.75. The van der Waals surface area contributed by atoms with E-state index >= 15 is 0 Å². The Kier molecular flexibility index (Phi) is 2.21. The van der Waals surface area contributed by atoms with E-state index in [4.69, 9.17) is 8.85 Å². The first kappa shape index (κ1) is 9.83. The summed E-state index contributed by atoms with van der Waals surface area (Å²) in [5.41, 5.74) is 2.96. The Morgan fingerprint density at radius 1 is 1.35 bits per heavy atom. The minimum atomic E-state index is -1.97. The molecule has 2 aliphatic carbocycles. The third-order valence-corrected chi connectivity index (χ3v) is 6.04. The molecule has 1 saturated heterocycles. The molecule has 1 heterocycles. The van der Waals surface area contributed by atoms with Gasteiger partial charge in [0.2, 0.25) is 0 Å². The highest BCUT2D eigenvalue weighted by atomic mass is 16.5. The summed E-state index contributed by atoms with van der Waals surface area (Å²) in [5.74, 6) is 1.41. The second kappa shape index (κ2) is 4.49. The molecule has 0 N–H and O–H groups in total. The van der Waals surface area contributed by atoms with Crippen LogP contribution in [-0.2, 0) is 11.8 Å². The van der Waals surface area contributed by atoms with E-state index in [0.717, 1.165) is 25.0 Å². The molecule has 3 atom stereocenters. The Labute approximate surface area is 126 Å². The zero-order chi connectivity index (χ0) is 16.2. The Bertz CT molecular complexity index is 615. The van der Waals surface area contributed by atoms with Gasteiger partial charge in [0.25, 0.3) is 0 Å². The van der Waals surface area contributed by atoms with E-state index < -0.39 is 6.98 Å². The molecule has 0 aromatic heterocycles. The van der Waals surface area contributed by atoms with Crippen LogP contribution in [0.2, 0.25) is 0 Å². The van der Waals surface area contributed by atoms with Crippen molar-refractivity contribution in [3.05, 3.63) is 29.3 Å². The Balaban J connectivity index is 1.84. The van der Waals surface area contributed by atoms with Crippen LogP contribution in [0.3, 0.4) is 0 Å². The van der Waals surface area contributed by atoms with Gasteiger partial charge in [0.15, 0.2) is 0 Å². The zero-order valence-corrected chi connectivity index (χ0v) is 12.2. The van der Waals surface area contributed by atoms with Crippen LogP contribution >= 0.6 is 0 Å². The first-order valence-corrected chi connectivity index (χ1v) is 7.90. The van der Waals surface area contributed by atoms with Gasteiger partial charge in [-0.3, -0.25) is 0 Å². The van der Waals surface area contributed by atoms with Gasteiger partial charge < -0.3 is 9.64 Å². The van der Waals surface area contributed by atoms with Gasteiger partial charge in [0, 0.05) is 15.6 Å². The highest BCUT2D eigenvalue weighted by molar-refractivity contribution is 5.45. The lowest BCUT2D eigenvalue weighted by Gasteiger charge is -2.58. The summed E-state index contributed by atoms with van der Waals surface area (Å²) in [5, 5.41) is 0. The van der Waals surface area contributed by atoms with Crippen LogP contribution in [0, 0.1) is 5.92 Å². The largest absolute Gasteiger partial charge is 0.497 e. The standard InChI is InChI=1S/C18H25NO/c1-19-10-9-18-8-4-3-5-15(18)17(19)11-13-6-7-14(20-2)12-16(13)18/h6-7,12,15,17H,3-5,8-11H2,1-2H3/t15?,17-,18-/m1/s1/i1D3. The number of likely N-dealkylation sites (tertiary alicyclic amines) is 1. The minimum Gasteiger partial charge on any atom is -0.497 e. The number of hydrogen-bond donors (Lipinski definition) is 0. The van der Waals surface area contributed by atoms with Crippen LogP contribution in [-0.4, -0.2) is 31.6 Å². The van der Waals surface area contributed by atoms with E-state index in [0.29, 0.717) is 12.5 Å². The lowest BCUT2D eigenvalue weighted by molar-refractivity contribution is 0.00274. The Hall–Kier alpha value is -1.02. The molecule has 1 saturated carbocycles. The molecule has 1 unspecified atom stereocenters. The van der Waals surface area contributed by atoms with Crippen molar-refractivity contribution >= 4 is 0 Å². The molecule has 1 aromatic carbocycles. The van der Waals surface area contributed by atoms with Crippen molar-refractivity contribution < 1.29 is 8.85 Å². The third-order valence-electron chi connectivity index (χ3n) is 6.04. The molecule has 108 valence electrons. The van der Waals surface area contributed by atoms with Gasteiger partial charge in [0.05, 0.1) is 7.11 Å². The van der Waals surface area contributed by atoms with Crippen LogP contribution in [0.1, 0.15) is 47.3 Å². The predicted molar refractivity (Wildman–Crippen MR) is 81.4 cm³/mol. The van der Waals surface area contributed by atoms with Crippen molar-refractivity contribution in [1.29, 1.82) is 0 Å². The summed E-state index contributed by atoms with van der Waals surface area (Å²) < 4.78 is 29.3. The van der Waals surface area contributed by atoms with Crippen LogP contribution < -0.4 is 4.74 Å². The topological polar surface area (TPSA) is 12.5 Å². The highest BCUT2D eigenvalue weighted by Gasteiger charge is 2.53. The predicted octanol–water partition coefficient (Wildman–Crippen LogP) is 3.38. The molecule has 2 heteroatoms. The second-order valence-corrected chi connectivity index (χ2v) is 6.75. The summed E-state index contributed by atoms with van der Waals surface area (Å²) >= 11 is 0. The molecule has 1 aromatic rings. The van der Waals surface area contributed by atoms with Crippen molar-refractivity contribution in [2.75, 3.05) is 20.6 Å². The number of rotatable bonds is 1. The van der Waals surface area contributed by atoms with Gasteiger partial charge in [-0.15, -0.1) is 0 Å². The fourth-order valence-corrected chi connectivity index (χ4v) is 5.11. The van der Waals surface area contributed by atoms with Gasteiger partial charge >= 0.3 is 0 Å². The van der Waals surface area contributed by atoms with Gasteiger partial charge in [-0.1, -0.05) is 18.9 Å². The monoisotopic (exact) mass is 274 g/mol. The van der Waals surface area contributed by atoms with E-state index in [9.17, 15) is 0 Å². The number of piperidine rings is 1. The molecule has 0 radical (unpaired) electrons. The number of ether oxygens (including phenoxy) is 1. The summed E-state index contributed by atoms with van der Waals surface area (Å²) in [6.07, 6.45) is 6.68. The van der Waals surface area contributed by atoms with Crippen molar-refractivity contribution in [3.63, 3.8) is 0 Å². The van der Waals surface area contributed by atoms with E-state index in [1.165, 1.54) is 30.4 Å². The van der Waals surface area contributed by atoms with Gasteiger partial charge in [-0.05, 0) is 68.4 Å². The lowest BCUT2D eigenvalue weighted by Crippen LogP contribution is -2.59. The summed E-state index contributed by atoms with van der Waals surface area (Å²) in [6.45, 7) is -1.29. The van der Waals surface area contributed by atoms with Crippen LogP contribution in [0.5, 0.6) is 5.75 Å². The van der Waals surface area contributed by atoms with E-state index in [1.807, 2.05) is 11.0 Å². The molecule has 3 aliphatic rings. The number of benzene rings is 1. The molecule has 2 bridgehead atoms. The van der Waals surface area contributed by atoms with E-state index in [1.54, 1.807) is 7.11 Å². The quantitative estimate of drug-likeness (QED) is 0.778. The van der Waals surface area contributed by atoms with Crippen molar-refractivity contribution in [1.82, 2.24) is 4.90 Å². The van der Waals surface area contributed by atoms with Crippen LogP contribution in [0.15, 0.2) is 18.2 Å². The average molecular weight is 274 g/mol. The smallest absolute Gasteiger partial charge is 0.119 e. The molecule has 0 spiro atoms. The number of likely N-dealkylation sites (N-methyl/N-ethyl adjacent to an activating group) is 1. The maximum atomic E-state index is 7.94. The molecule has 4 rings (SSSR count). The van der Waals surface area contributed by atoms with E-state index in [2.05, 4.69) is 12.1 Å². The minimum absolute atomic E-state index is 0.164. The van der Waals surface area contributed by atoms with Crippen LogP contribution in [0.25, 0.3) is 0 Å². The van der Waals surface area contributed by atoms with E-state index in [-0.39, 0.29) is 11.5 Å². The van der Waals surface area contributed by atoms with Crippen molar-refractivity contribution in [2.24, 2.45) is 5.92 Å². The SMILES string of the molecule is [2H]C([2H])([2H])N1CC[C@]23CCCCC2[C@H]1Cc1ccc(OC)cc13. The fourth-order valence-electron chi connectivity index (χ4n) is 5.11. The summed E-state index contributed by atoms with van der Waals surface area (Å²) in [7, 11) is 1.72. The molecular formula is C18H25NO. The number of hydrogen-bond acceptors (Lipinski definition) is 2. The average Bonchev–Trinajstić information content (AvgIpc) is 2.53. The zero-order valence-electron chi connectivity index (χ0n) is 15.2. The molecule has 2 nitrogen and oxygen atoms in total. The maximum Gasteiger partial charge on any atom is 0.119 e. The van der Waals surface area contributed by atoms with Gasteiger partial charge in [-0.25, -0.2) is 0 Å². The number of methoxy groups -OCH3 is 1. The molecular weight excluding hydrogens is 246 g/mol. The lowest BCUT2D eigenvalue weighted by atomic mass is 9.52. The Morgan fingerprint density at radius 3 is 3.15 bits per heavy atom. The van der Waals surface area contributed by atoms with Crippen molar-refractivity contribution in [3.8, 4) is 5.75 Å². The first-order chi connectivity index (χ1) is 11.0. The summed E-state index contributed by atoms with van der Waals surface area (Å²) in [6, 6.07) is 6.58. The number of fused-ring (bicyclic) bond motifs is 1. The molecule has 0 amide bonds. The fraction of sp³-hybridized carbons (Fsp3) is 0.667. The molecule has 2 fully saturated rings. The maximum absolute atomic E-state index is 7.94. The van der Waals surface area contributed by atoms with Gasteiger partial charge in [-0.2, -0.15) is 0 Å². The number of nitrogens with zero attached hydrogens (tertiary/aromatic N) is 1. The Morgan fingerprint density at radius 2 is 2.30 bits per heavy atom. The third kappa shape index (κ3) is 1.60. The normalized spacial score (nSPS) is 39.0. The van der Waals surface area contributed by atoms with Crippen LogP contribution in [0.4, 0.5) is 0 Å². The molecule has 20 heavy (non-hydrogen) atoms. The first-order valence-electron chi connectivity index (χ1n) is 9.40. The molecule has 1 aliphatic heterocycles.